The second kappa shape index (κ2) is 15.9. The number of rotatable bonds is 8. The van der Waals surface area contributed by atoms with Crippen LogP contribution < -0.4 is 5.32 Å². The van der Waals surface area contributed by atoms with Crippen molar-refractivity contribution in [3.8, 4) is 56.4 Å². The van der Waals surface area contributed by atoms with Crippen LogP contribution in [-0.2, 0) is 0 Å². The number of aliphatic imine (C=N–C) groups is 2. The number of aromatic nitrogens is 3. The van der Waals surface area contributed by atoms with Crippen molar-refractivity contribution in [2.75, 3.05) is 0 Å². The Morgan fingerprint density at radius 1 is 0.390 bits per heavy atom. The SMILES string of the molecule is Cc1c(C)c(C)c(-c2cc(-c3nc(-c4ccccc4)nc(-c4ccccc4)n3)ccc2-c2ccccc2C2=NC(c3ccccc3)=NC(c3ccccc3)N2)c(C)c1C. The monoisotopic (exact) mass is 764 g/mol. The Hall–Kier alpha value is -7.31. The lowest BCUT2D eigenvalue weighted by molar-refractivity contribution is 0.674. The Kier molecular flexibility index (Phi) is 10.1. The van der Waals surface area contributed by atoms with E-state index in [1.807, 2.05) is 84.9 Å². The summed E-state index contributed by atoms with van der Waals surface area (Å²) in [6.07, 6.45) is -0.317. The Balaban J connectivity index is 1.27. The highest BCUT2D eigenvalue weighted by molar-refractivity contribution is 6.15. The van der Waals surface area contributed by atoms with Gasteiger partial charge in [0.15, 0.2) is 23.3 Å². The van der Waals surface area contributed by atoms with Gasteiger partial charge in [-0.15, -0.1) is 0 Å². The van der Waals surface area contributed by atoms with E-state index in [1.165, 1.54) is 33.4 Å². The molecule has 6 nitrogen and oxygen atoms in total. The number of benzene rings is 7. The molecule has 7 aromatic carbocycles. The zero-order valence-electron chi connectivity index (χ0n) is 33.9. The summed E-state index contributed by atoms with van der Waals surface area (Å²) in [5.74, 6) is 3.33. The molecule has 2 heterocycles. The number of nitrogens with one attached hydrogen (secondary N) is 1. The van der Waals surface area contributed by atoms with Gasteiger partial charge in [-0.25, -0.2) is 24.9 Å². The molecule has 1 N–H and O–H groups in total. The molecule has 6 heteroatoms. The molecule has 1 aliphatic rings. The predicted molar refractivity (Wildman–Crippen MR) is 243 cm³/mol. The first kappa shape index (κ1) is 37.3. The van der Waals surface area contributed by atoms with E-state index in [0.717, 1.165) is 55.9 Å². The van der Waals surface area contributed by atoms with Crippen LogP contribution >= 0.6 is 0 Å². The first-order chi connectivity index (χ1) is 28.8. The van der Waals surface area contributed by atoms with E-state index in [0.29, 0.717) is 23.3 Å². The zero-order chi connectivity index (χ0) is 40.5. The van der Waals surface area contributed by atoms with Crippen LogP contribution in [0.4, 0.5) is 0 Å². The van der Waals surface area contributed by atoms with Gasteiger partial charge in [0, 0.05) is 27.8 Å². The fourth-order valence-electron chi connectivity index (χ4n) is 8.00. The van der Waals surface area contributed by atoms with Crippen molar-refractivity contribution < 1.29 is 0 Å². The van der Waals surface area contributed by atoms with Crippen LogP contribution in [-0.4, -0.2) is 26.6 Å². The maximum absolute atomic E-state index is 5.23. The van der Waals surface area contributed by atoms with E-state index in [9.17, 15) is 0 Å². The first-order valence-electron chi connectivity index (χ1n) is 20.1. The summed E-state index contributed by atoms with van der Waals surface area (Å²) in [4.78, 5) is 25.6. The summed E-state index contributed by atoms with van der Waals surface area (Å²) in [5.41, 5.74) is 16.7. The molecule has 0 saturated heterocycles. The van der Waals surface area contributed by atoms with Gasteiger partial charge in [-0.1, -0.05) is 158 Å². The van der Waals surface area contributed by atoms with Gasteiger partial charge in [-0.3, -0.25) is 0 Å². The minimum atomic E-state index is -0.317. The summed E-state index contributed by atoms with van der Waals surface area (Å²) in [6.45, 7) is 11.2. The molecule has 1 aliphatic heterocycles. The Morgan fingerprint density at radius 2 is 0.831 bits per heavy atom. The fourth-order valence-corrected chi connectivity index (χ4v) is 8.00. The molecule has 0 saturated carbocycles. The molecule has 1 unspecified atom stereocenters. The van der Waals surface area contributed by atoms with Crippen LogP contribution in [0.15, 0.2) is 174 Å². The molecular formula is C53H44N6. The molecule has 0 bridgehead atoms. The van der Waals surface area contributed by atoms with Crippen molar-refractivity contribution in [2.24, 2.45) is 9.98 Å². The lowest BCUT2D eigenvalue weighted by Gasteiger charge is -2.26. The van der Waals surface area contributed by atoms with Crippen LogP contribution in [0.1, 0.15) is 50.7 Å². The van der Waals surface area contributed by atoms with Gasteiger partial charge in [0.2, 0.25) is 0 Å². The average Bonchev–Trinajstić information content (AvgIpc) is 3.31. The largest absolute Gasteiger partial charge is 0.344 e. The third-order valence-electron chi connectivity index (χ3n) is 11.6. The second-order valence-corrected chi connectivity index (χ2v) is 15.1. The maximum atomic E-state index is 5.23. The summed E-state index contributed by atoms with van der Waals surface area (Å²) >= 11 is 0. The third-order valence-corrected chi connectivity index (χ3v) is 11.6. The number of amidine groups is 2. The van der Waals surface area contributed by atoms with Crippen LogP contribution in [0.2, 0.25) is 0 Å². The molecule has 9 rings (SSSR count). The fraction of sp³-hybridized carbons (Fsp3) is 0.113. The molecule has 0 amide bonds. The van der Waals surface area contributed by atoms with Gasteiger partial charge in [-0.2, -0.15) is 0 Å². The summed E-state index contributed by atoms with van der Waals surface area (Å²) in [7, 11) is 0. The van der Waals surface area contributed by atoms with Crippen LogP contribution in [0, 0.1) is 34.6 Å². The van der Waals surface area contributed by atoms with Crippen LogP contribution in [0.3, 0.4) is 0 Å². The third kappa shape index (κ3) is 7.26. The van der Waals surface area contributed by atoms with Gasteiger partial charge in [0.05, 0.1) is 0 Å². The normalized spacial score (nSPS) is 13.7. The number of hydrogen-bond donors (Lipinski definition) is 1. The summed E-state index contributed by atoms with van der Waals surface area (Å²) in [5, 5.41) is 3.72. The van der Waals surface area contributed by atoms with Crippen LogP contribution in [0.5, 0.6) is 0 Å². The molecule has 286 valence electrons. The predicted octanol–water partition coefficient (Wildman–Crippen LogP) is 12.2. The molecule has 0 aliphatic carbocycles. The Morgan fingerprint density at radius 3 is 1.39 bits per heavy atom. The average molecular weight is 765 g/mol. The zero-order valence-corrected chi connectivity index (χ0v) is 33.9. The standard InChI is InChI=1S/C53H44N6/c1-33-34(2)36(4)47(37(5)35(33)3)46-32-42(52-56-48(38-20-10-6-11-21-38)54-49(57-52)39-22-12-7-13-23-39)30-31-44(46)43-28-18-19-29-45(43)53-58-50(40-24-14-8-15-25-40)55-51(59-53)41-26-16-9-17-27-41/h6-32,50H,1-5H3,(H,55,58,59). The number of nitrogens with zero attached hydrogens (tertiary/aromatic N) is 5. The quantitative estimate of drug-likeness (QED) is 0.167. The van der Waals surface area contributed by atoms with E-state index in [-0.39, 0.29) is 6.17 Å². The van der Waals surface area contributed by atoms with Crippen molar-refractivity contribution in [3.63, 3.8) is 0 Å². The van der Waals surface area contributed by atoms with Gasteiger partial charge in [0.25, 0.3) is 0 Å². The second-order valence-electron chi connectivity index (χ2n) is 15.1. The van der Waals surface area contributed by atoms with Crippen LogP contribution in [0.25, 0.3) is 56.4 Å². The molecule has 1 atom stereocenters. The molecular weight excluding hydrogens is 721 g/mol. The van der Waals surface area contributed by atoms with Crippen molar-refractivity contribution in [3.05, 3.63) is 208 Å². The molecule has 59 heavy (non-hydrogen) atoms. The molecule has 1 aromatic heterocycles. The van der Waals surface area contributed by atoms with Gasteiger partial charge in [-0.05, 0) is 96.3 Å². The maximum Gasteiger partial charge on any atom is 0.164 e. The van der Waals surface area contributed by atoms with E-state index >= 15 is 0 Å². The first-order valence-corrected chi connectivity index (χ1v) is 20.1. The summed E-state index contributed by atoms with van der Waals surface area (Å²) < 4.78 is 0. The van der Waals surface area contributed by atoms with Gasteiger partial charge >= 0.3 is 0 Å². The molecule has 8 aromatic rings. The highest BCUT2D eigenvalue weighted by Crippen LogP contribution is 2.42. The van der Waals surface area contributed by atoms with E-state index < -0.39 is 0 Å². The molecule has 0 fully saturated rings. The molecule has 0 spiro atoms. The van der Waals surface area contributed by atoms with Crippen molar-refractivity contribution in [1.82, 2.24) is 20.3 Å². The lowest BCUT2D eigenvalue weighted by Crippen LogP contribution is -2.34. The van der Waals surface area contributed by atoms with E-state index in [4.69, 9.17) is 24.9 Å². The topological polar surface area (TPSA) is 75.4 Å². The smallest absolute Gasteiger partial charge is 0.164 e. The van der Waals surface area contributed by atoms with Gasteiger partial charge in [0.1, 0.15) is 12.0 Å². The lowest BCUT2D eigenvalue weighted by atomic mass is 9.82. The van der Waals surface area contributed by atoms with Crippen molar-refractivity contribution in [1.29, 1.82) is 0 Å². The van der Waals surface area contributed by atoms with Gasteiger partial charge < -0.3 is 5.32 Å². The summed E-state index contributed by atoms with van der Waals surface area (Å²) in [6, 6.07) is 56.0. The molecule has 0 radical (unpaired) electrons. The Labute approximate surface area is 346 Å². The van der Waals surface area contributed by atoms with Crippen molar-refractivity contribution in [2.45, 2.75) is 40.8 Å². The highest BCUT2D eigenvalue weighted by Gasteiger charge is 2.25. The number of hydrogen-bond acceptors (Lipinski definition) is 6. The minimum absolute atomic E-state index is 0.317. The van der Waals surface area contributed by atoms with E-state index in [1.54, 1.807) is 0 Å². The van der Waals surface area contributed by atoms with Crippen molar-refractivity contribution >= 4 is 11.7 Å². The minimum Gasteiger partial charge on any atom is -0.344 e. The highest BCUT2D eigenvalue weighted by atomic mass is 15.2. The Bertz CT molecular complexity index is 2800. The van der Waals surface area contributed by atoms with E-state index in [2.05, 4.69) is 119 Å².